The summed E-state index contributed by atoms with van der Waals surface area (Å²) in [6.45, 7) is 0.747. The van der Waals surface area contributed by atoms with Gasteiger partial charge in [0.25, 0.3) is 0 Å². The lowest BCUT2D eigenvalue weighted by molar-refractivity contribution is -0.138. The number of hydrogen-bond donors (Lipinski definition) is 1. The van der Waals surface area contributed by atoms with E-state index in [0.29, 0.717) is 12.8 Å². The van der Waals surface area contributed by atoms with Crippen LogP contribution in [0.4, 0.5) is 5.13 Å². The highest BCUT2D eigenvalue weighted by Crippen LogP contribution is 2.27. The molecule has 5 nitrogen and oxygen atoms in total. The van der Waals surface area contributed by atoms with Crippen LogP contribution in [0.3, 0.4) is 0 Å². The number of carboxylic acid groups (broad SMARTS) is 1. The van der Waals surface area contributed by atoms with Crippen molar-refractivity contribution in [1.29, 1.82) is 0 Å². The van der Waals surface area contributed by atoms with Gasteiger partial charge in [-0.2, -0.15) is 4.37 Å². The van der Waals surface area contributed by atoms with E-state index >= 15 is 0 Å². The lowest BCUT2D eigenvalue weighted by Gasteiger charge is -2.19. The lowest BCUT2D eigenvalue weighted by Crippen LogP contribution is -2.35. The summed E-state index contributed by atoms with van der Waals surface area (Å²) in [5.74, 6) is -0.0189. The van der Waals surface area contributed by atoms with E-state index in [1.165, 1.54) is 11.5 Å². The van der Waals surface area contributed by atoms with Crippen LogP contribution in [0.25, 0.3) is 0 Å². The minimum absolute atomic E-state index is 0.451. The SMILES string of the molecule is O=C(O)[C@@H]1CCCN1c1nc(Cc2ccccc2)ns1. The lowest BCUT2D eigenvalue weighted by atomic mass is 10.1. The van der Waals surface area contributed by atoms with Gasteiger partial charge in [0.05, 0.1) is 0 Å². The summed E-state index contributed by atoms with van der Waals surface area (Å²) >= 11 is 1.29. The van der Waals surface area contributed by atoms with Gasteiger partial charge < -0.3 is 10.0 Å². The van der Waals surface area contributed by atoms with Crippen molar-refractivity contribution < 1.29 is 9.90 Å². The van der Waals surface area contributed by atoms with Crippen LogP contribution in [-0.2, 0) is 11.2 Å². The summed E-state index contributed by atoms with van der Waals surface area (Å²) in [6.07, 6.45) is 2.26. The van der Waals surface area contributed by atoms with Crippen LogP contribution in [0, 0.1) is 0 Å². The molecule has 1 aliphatic rings. The molecule has 20 heavy (non-hydrogen) atoms. The quantitative estimate of drug-likeness (QED) is 0.934. The third-order valence-corrected chi connectivity index (χ3v) is 4.24. The number of benzene rings is 1. The Bertz CT molecular complexity index is 599. The Balaban J connectivity index is 1.75. The zero-order chi connectivity index (χ0) is 13.9. The van der Waals surface area contributed by atoms with E-state index in [0.717, 1.165) is 29.5 Å². The van der Waals surface area contributed by atoms with Crippen LogP contribution in [0.5, 0.6) is 0 Å². The fraction of sp³-hybridized carbons (Fsp3) is 0.357. The largest absolute Gasteiger partial charge is 0.480 e. The normalized spacial score (nSPS) is 18.4. The Hall–Kier alpha value is -1.95. The van der Waals surface area contributed by atoms with Crippen molar-refractivity contribution in [2.75, 3.05) is 11.4 Å². The van der Waals surface area contributed by atoms with Crippen LogP contribution in [0.2, 0.25) is 0 Å². The molecule has 1 N–H and O–H groups in total. The van der Waals surface area contributed by atoms with Gasteiger partial charge in [0.1, 0.15) is 11.9 Å². The predicted octanol–water partition coefficient (Wildman–Crippen LogP) is 2.18. The smallest absolute Gasteiger partial charge is 0.326 e. The zero-order valence-electron chi connectivity index (χ0n) is 10.9. The first-order valence-corrected chi connectivity index (χ1v) is 7.37. The summed E-state index contributed by atoms with van der Waals surface area (Å²) in [7, 11) is 0. The fourth-order valence-corrected chi connectivity index (χ4v) is 3.23. The Morgan fingerprint density at radius 3 is 2.95 bits per heavy atom. The second kappa shape index (κ2) is 5.58. The first kappa shape index (κ1) is 13.1. The van der Waals surface area contributed by atoms with Crippen molar-refractivity contribution in [2.45, 2.75) is 25.3 Å². The number of carbonyl (C=O) groups is 1. The van der Waals surface area contributed by atoms with Gasteiger partial charge in [-0.3, -0.25) is 0 Å². The molecule has 0 unspecified atom stereocenters. The van der Waals surface area contributed by atoms with Crippen molar-refractivity contribution in [3.63, 3.8) is 0 Å². The van der Waals surface area contributed by atoms with E-state index in [1.54, 1.807) is 0 Å². The molecule has 1 aromatic carbocycles. The minimum atomic E-state index is -0.776. The first-order valence-electron chi connectivity index (χ1n) is 6.60. The monoisotopic (exact) mass is 289 g/mol. The maximum absolute atomic E-state index is 11.2. The van der Waals surface area contributed by atoms with Gasteiger partial charge in [0.15, 0.2) is 0 Å². The van der Waals surface area contributed by atoms with Gasteiger partial charge in [-0.25, -0.2) is 9.78 Å². The molecule has 1 aliphatic heterocycles. The Morgan fingerprint density at radius 1 is 1.40 bits per heavy atom. The van der Waals surface area contributed by atoms with E-state index in [1.807, 2.05) is 35.2 Å². The molecule has 1 fully saturated rings. The van der Waals surface area contributed by atoms with E-state index in [2.05, 4.69) is 9.36 Å². The molecular weight excluding hydrogens is 274 g/mol. The average molecular weight is 289 g/mol. The van der Waals surface area contributed by atoms with Crippen LogP contribution < -0.4 is 4.90 Å². The van der Waals surface area contributed by atoms with Crippen LogP contribution in [0.1, 0.15) is 24.2 Å². The van der Waals surface area contributed by atoms with E-state index < -0.39 is 12.0 Å². The number of aliphatic carboxylic acids is 1. The van der Waals surface area contributed by atoms with Gasteiger partial charge in [-0.15, -0.1) is 0 Å². The van der Waals surface area contributed by atoms with Crippen LogP contribution in [0.15, 0.2) is 30.3 Å². The molecule has 2 heterocycles. The number of aromatic nitrogens is 2. The van der Waals surface area contributed by atoms with E-state index in [4.69, 9.17) is 0 Å². The molecule has 0 bridgehead atoms. The molecule has 1 atom stereocenters. The van der Waals surface area contributed by atoms with Gasteiger partial charge in [0, 0.05) is 24.5 Å². The summed E-state index contributed by atoms with van der Waals surface area (Å²) in [5, 5.41) is 9.92. The molecule has 1 aromatic heterocycles. The van der Waals surface area contributed by atoms with Crippen LogP contribution >= 0.6 is 11.5 Å². The molecule has 3 rings (SSSR count). The number of rotatable bonds is 4. The Kier molecular flexibility index (Phi) is 3.64. The number of anilines is 1. The molecule has 6 heteroatoms. The van der Waals surface area contributed by atoms with Crippen molar-refractivity contribution >= 4 is 22.6 Å². The first-order chi connectivity index (χ1) is 9.74. The maximum Gasteiger partial charge on any atom is 0.326 e. The highest BCUT2D eigenvalue weighted by molar-refractivity contribution is 7.09. The number of nitrogens with zero attached hydrogens (tertiary/aromatic N) is 3. The molecular formula is C14H15N3O2S. The predicted molar refractivity (Wildman–Crippen MR) is 77.2 cm³/mol. The highest BCUT2D eigenvalue weighted by Gasteiger charge is 2.32. The second-order valence-corrected chi connectivity index (χ2v) is 5.58. The van der Waals surface area contributed by atoms with Gasteiger partial charge in [-0.05, 0) is 18.4 Å². The Morgan fingerprint density at radius 2 is 2.20 bits per heavy atom. The number of carboxylic acids is 1. The molecule has 0 saturated carbocycles. The van der Waals surface area contributed by atoms with Crippen LogP contribution in [-0.4, -0.2) is 33.0 Å². The average Bonchev–Trinajstić information content (AvgIpc) is 3.07. The molecule has 2 aromatic rings. The van der Waals surface area contributed by atoms with E-state index in [9.17, 15) is 9.90 Å². The second-order valence-electron chi connectivity index (χ2n) is 4.85. The van der Waals surface area contributed by atoms with Crippen molar-refractivity contribution in [3.05, 3.63) is 41.7 Å². The molecule has 0 amide bonds. The molecule has 1 saturated heterocycles. The van der Waals surface area contributed by atoms with Gasteiger partial charge >= 0.3 is 5.97 Å². The third-order valence-electron chi connectivity index (χ3n) is 3.45. The molecule has 0 radical (unpaired) electrons. The maximum atomic E-state index is 11.2. The van der Waals surface area contributed by atoms with Crippen molar-refractivity contribution in [1.82, 2.24) is 9.36 Å². The summed E-state index contributed by atoms with van der Waals surface area (Å²) < 4.78 is 4.35. The van der Waals surface area contributed by atoms with Crippen molar-refractivity contribution in [2.24, 2.45) is 0 Å². The summed E-state index contributed by atoms with van der Waals surface area (Å²) in [6, 6.07) is 9.58. The molecule has 0 aliphatic carbocycles. The number of hydrogen-bond acceptors (Lipinski definition) is 5. The van der Waals surface area contributed by atoms with Gasteiger partial charge in [-0.1, -0.05) is 30.3 Å². The highest BCUT2D eigenvalue weighted by atomic mass is 32.1. The summed E-state index contributed by atoms with van der Waals surface area (Å²) in [5.41, 5.74) is 1.16. The minimum Gasteiger partial charge on any atom is -0.480 e. The third kappa shape index (κ3) is 2.65. The summed E-state index contributed by atoms with van der Waals surface area (Å²) in [4.78, 5) is 17.5. The van der Waals surface area contributed by atoms with E-state index in [-0.39, 0.29) is 0 Å². The topological polar surface area (TPSA) is 66.3 Å². The molecule has 104 valence electrons. The Labute approximate surface area is 121 Å². The molecule has 0 spiro atoms. The zero-order valence-corrected chi connectivity index (χ0v) is 11.7. The standard InChI is InChI=1S/C14H15N3O2S/c18-13(19)11-7-4-8-17(11)14-15-12(16-20-14)9-10-5-2-1-3-6-10/h1-3,5-6,11H,4,7-9H2,(H,18,19)/t11-/m0/s1. The fourth-order valence-electron chi connectivity index (χ4n) is 2.46. The van der Waals surface area contributed by atoms with Gasteiger partial charge in [0.2, 0.25) is 5.13 Å². The van der Waals surface area contributed by atoms with Crippen molar-refractivity contribution in [3.8, 4) is 0 Å².